The molecule has 2 amide bonds. The number of ether oxygens (including phenoxy) is 1. The van der Waals surface area contributed by atoms with Gasteiger partial charge in [-0.2, -0.15) is 4.99 Å². The number of pyridine rings is 2. The van der Waals surface area contributed by atoms with Crippen molar-refractivity contribution >= 4 is 35.1 Å². The number of carbonyl (C=O) groups excluding carboxylic acids is 2. The molecule has 0 unspecified atom stereocenters. The fraction of sp³-hybridized carbons (Fsp3) is 0.235. The van der Waals surface area contributed by atoms with Gasteiger partial charge in [0.15, 0.2) is 0 Å². The highest BCUT2D eigenvalue weighted by molar-refractivity contribution is 6.12. The molecule has 0 bridgehead atoms. The van der Waals surface area contributed by atoms with Crippen LogP contribution in [0.2, 0.25) is 0 Å². The van der Waals surface area contributed by atoms with E-state index < -0.39 is 17.5 Å². The van der Waals surface area contributed by atoms with Crippen molar-refractivity contribution in [3.63, 3.8) is 0 Å². The van der Waals surface area contributed by atoms with E-state index in [0.29, 0.717) is 11.2 Å². The number of hydrogen-bond acceptors (Lipinski definition) is 6. The Morgan fingerprint density at radius 3 is 2.80 bits per heavy atom. The molecule has 0 saturated carbocycles. The Bertz CT molecular complexity index is 912. The Balaban J connectivity index is 1.73. The first-order chi connectivity index (χ1) is 11.8. The Morgan fingerprint density at radius 2 is 2.04 bits per heavy atom. The summed E-state index contributed by atoms with van der Waals surface area (Å²) >= 11 is 0. The quantitative estimate of drug-likeness (QED) is 0.770. The number of carbonyl (C=O) groups is 2. The molecule has 8 heteroatoms. The van der Waals surface area contributed by atoms with Crippen molar-refractivity contribution in [2.75, 3.05) is 0 Å². The molecule has 0 aromatic carbocycles. The highest BCUT2D eigenvalue weighted by atomic mass is 16.6. The van der Waals surface area contributed by atoms with Crippen LogP contribution in [0.3, 0.4) is 0 Å². The predicted octanol–water partition coefficient (Wildman–Crippen LogP) is 1.98. The van der Waals surface area contributed by atoms with Crippen LogP contribution in [0.5, 0.6) is 0 Å². The molecule has 25 heavy (non-hydrogen) atoms. The third-order valence-electron chi connectivity index (χ3n) is 3.11. The van der Waals surface area contributed by atoms with E-state index in [1.165, 1.54) is 6.08 Å². The van der Waals surface area contributed by atoms with Gasteiger partial charge in [0.05, 0.1) is 16.7 Å². The maximum absolute atomic E-state index is 11.9. The summed E-state index contributed by atoms with van der Waals surface area (Å²) in [7, 11) is 0. The minimum atomic E-state index is -0.692. The Labute approximate surface area is 144 Å². The zero-order valence-corrected chi connectivity index (χ0v) is 14.0. The summed E-state index contributed by atoms with van der Waals surface area (Å²) in [4.78, 5) is 35.9. The van der Waals surface area contributed by atoms with Crippen LogP contribution in [0, 0.1) is 0 Å². The molecule has 0 aliphatic carbocycles. The Kier molecular flexibility index (Phi) is 4.18. The fourth-order valence-corrected chi connectivity index (χ4v) is 2.12. The number of fused-ring (bicyclic) bond motifs is 1. The van der Waals surface area contributed by atoms with Crippen molar-refractivity contribution in [3.05, 3.63) is 41.9 Å². The standard InChI is InChI=1S/C17H17N5O3/c1-17(2,3)22-16(24)25-15-20-13(14(23)21-15)9-10-6-7-11-12(19-10)5-4-8-18-11/h4-9H,1-3H3,(H,22,24)(H,20,21,23). The summed E-state index contributed by atoms with van der Waals surface area (Å²) < 4.78 is 4.99. The van der Waals surface area contributed by atoms with Crippen molar-refractivity contribution in [2.24, 2.45) is 4.99 Å². The third kappa shape index (κ3) is 4.17. The molecule has 3 rings (SSSR count). The van der Waals surface area contributed by atoms with E-state index in [-0.39, 0.29) is 11.7 Å². The second-order valence-electron chi connectivity index (χ2n) is 6.45. The lowest BCUT2D eigenvalue weighted by Crippen LogP contribution is -2.42. The van der Waals surface area contributed by atoms with E-state index in [9.17, 15) is 9.59 Å². The van der Waals surface area contributed by atoms with Gasteiger partial charge in [-0.1, -0.05) is 0 Å². The van der Waals surface area contributed by atoms with Gasteiger partial charge >= 0.3 is 12.1 Å². The van der Waals surface area contributed by atoms with Crippen LogP contribution in [0.1, 0.15) is 26.5 Å². The minimum absolute atomic E-state index is 0.166. The second-order valence-corrected chi connectivity index (χ2v) is 6.45. The van der Waals surface area contributed by atoms with E-state index in [4.69, 9.17) is 4.74 Å². The van der Waals surface area contributed by atoms with Crippen LogP contribution in [-0.2, 0) is 9.53 Å². The molecule has 2 N–H and O–H groups in total. The van der Waals surface area contributed by atoms with Gasteiger partial charge in [-0.3, -0.25) is 9.78 Å². The summed E-state index contributed by atoms with van der Waals surface area (Å²) in [6, 6.07) is 7.00. The van der Waals surface area contributed by atoms with Gasteiger partial charge in [0, 0.05) is 11.7 Å². The lowest BCUT2D eigenvalue weighted by Gasteiger charge is -2.19. The molecule has 2 aromatic rings. The van der Waals surface area contributed by atoms with Gasteiger partial charge in [0.2, 0.25) is 0 Å². The highest BCUT2D eigenvalue weighted by Crippen LogP contribution is 2.13. The Morgan fingerprint density at radius 1 is 1.24 bits per heavy atom. The molecule has 1 aliphatic rings. The first-order valence-electron chi connectivity index (χ1n) is 7.64. The van der Waals surface area contributed by atoms with Gasteiger partial charge < -0.3 is 15.4 Å². The number of aliphatic imine (C=N–C) groups is 1. The number of aromatic nitrogens is 2. The van der Waals surface area contributed by atoms with E-state index >= 15 is 0 Å². The summed E-state index contributed by atoms with van der Waals surface area (Å²) in [6.45, 7) is 5.44. The van der Waals surface area contributed by atoms with Crippen molar-refractivity contribution < 1.29 is 14.3 Å². The SMILES string of the molecule is CC(C)(C)NC(=O)OC1=NC(=O)C(=Cc2ccc3ncccc3n2)N1. The van der Waals surface area contributed by atoms with Gasteiger partial charge in [-0.25, -0.2) is 9.78 Å². The Hall–Kier alpha value is -3.29. The number of hydrogen-bond donors (Lipinski definition) is 2. The molecule has 0 spiro atoms. The maximum atomic E-state index is 11.9. The topological polar surface area (TPSA) is 106 Å². The average molecular weight is 339 g/mol. The number of alkyl carbamates (subject to hydrolysis) is 1. The predicted molar refractivity (Wildman–Crippen MR) is 92.5 cm³/mol. The van der Waals surface area contributed by atoms with Crippen molar-refractivity contribution in [2.45, 2.75) is 26.3 Å². The van der Waals surface area contributed by atoms with Crippen molar-refractivity contribution in [1.29, 1.82) is 0 Å². The summed E-state index contributed by atoms with van der Waals surface area (Å²) in [5.41, 5.74) is 1.75. The molecule has 2 aromatic heterocycles. The highest BCUT2D eigenvalue weighted by Gasteiger charge is 2.25. The van der Waals surface area contributed by atoms with E-state index in [1.54, 1.807) is 18.3 Å². The van der Waals surface area contributed by atoms with Gasteiger partial charge in [-0.15, -0.1) is 0 Å². The molecular formula is C17H17N5O3. The van der Waals surface area contributed by atoms with Crippen LogP contribution < -0.4 is 10.6 Å². The number of nitrogens with zero attached hydrogens (tertiary/aromatic N) is 3. The first kappa shape index (κ1) is 16.6. The fourth-order valence-electron chi connectivity index (χ4n) is 2.12. The maximum Gasteiger partial charge on any atom is 0.415 e. The average Bonchev–Trinajstić information content (AvgIpc) is 2.84. The van der Waals surface area contributed by atoms with Crippen LogP contribution in [0.15, 0.2) is 41.2 Å². The molecule has 128 valence electrons. The largest absolute Gasteiger partial charge is 0.415 e. The van der Waals surface area contributed by atoms with Crippen LogP contribution >= 0.6 is 0 Å². The molecule has 0 saturated heterocycles. The van der Waals surface area contributed by atoms with E-state index in [0.717, 1.165) is 5.52 Å². The van der Waals surface area contributed by atoms with Crippen molar-refractivity contribution in [3.8, 4) is 0 Å². The normalized spacial score (nSPS) is 15.9. The smallest absolute Gasteiger partial charge is 0.375 e. The van der Waals surface area contributed by atoms with Gasteiger partial charge in [-0.05, 0) is 51.1 Å². The van der Waals surface area contributed by atoms with Gasteiger partial charge in [0.1, 0.15) is 5.70 Å². The van der Waals surface area contributed by atoms with E-state index in [2.05, 4.69) is 25.6 Å². The lowest BCUT2D eigenvalue weighted by atomic mass is 10.1. The van der Waals surface area contributed by atoms with Crippen LogP contribution in [-0.4, -0.2) is 33.5 Å². The van der Waals surface area contributed by atoms with Gasteiger partial charge in [0.25, 0.3) is 5.91 Å². The molecule has 0 atom stereocenters. The number of rotatable bonds is 1. The van der Waals surface area contributed by atoms with Crippen molar-refractivity contribution in [1.82, 2.24) is 20.6 Å². The molecule has 1 aliphatic heterocycles. The van der Waals surface area contributed by atoms with Crippen LogP contribution in [0.4, 0.5) is 4.79 Å². The number of amidine groups is 1. The third-order valence-corrected chi connectivity index (χ3v) is 3.11. The number of amides is 2. The lowest BCUT2D eigenvalue weighted by molar-refractivity contribution is -0.114. The van der Waals surface area contributed by atoms with E-state index in [1.807, 2.05) is 32.9 Å². The summed E-state index contributed by atoms with van der Waals surface area (Å²) in [6.07, 6.45) is 2.53. The zero-order chi connectivity index (χ0) is 18.0. The molecule has 8 nitrogen and oxygen atoms in total. The second kappa shape index (κ2) is 6.31. The summed E-state index contributed by atoms with van der Waals surface area (Å²) in [5, 5.41) is 5.29. The number of nitrogens with one attached hydrogen (secondary N) is 2. The molecule has 3 heterocycles. The molecule has 0 radical (unpaired) electrons. The molecule has 0 fully saturated rings. The first-order valence-corrected chi connectivity index (χ1v) is 7.64. The zero-order valence-electron chi connectivity index (χ0n) is 14.0. The van der Waals surface area contributed by atoms with Crippen LogP contribution in [0.25, 0.3) is 17.1 Å². The monoisotopic (exact) mass is 339 g/mol. The minimum Gasteiger partial charge on any atom is -0.375 e. The molecular weight excluding hydrogens is 322 g/mol. The summed E-state index contributed by atoms with van der Waals surface area (Å²) in [5.74, 6) is -0.536.